The highest BCUT2D eigenvalue weighted by atomic mass is 19.1. The number of carbonyl (C=O) groups excluding carboxylic acids is 2. The minimum Gasteiger partial charge on any atom is -0.507 e. The third-order valence-electron chi connectivity index (χ3n) is 5.93. The van der Waals surface area contributed by atoms with Gasteiger partial charge in [-0.05, 0) is 71.5 Å². The average Bonchev–Trinajstić information content (AvgIpc) is 3.05. The number of rotatable bonds is 3. The Kier molecular flexibility index (Phi) is 5.62. The van der Waals surface area contributed by atoms with E-state index in [1.165, 1.54) is 29.2 Å². The molecule has 0 radical (unpaired) electrons. The highest BCUT2D eigenvalue weighted by molar-refractivity contribution is 6.51. The molecular weight excluding hydrogens is 419 g/mol. The molecule has 4 rings (SSSR count). The molecule has 5 nitrogen and oxygen atoms in total. The number of aromatic nitrogens is 1. The molecule has 0 aliphatic carbocycles. The van der Waals surface area contributed by atoms with Gasteiger partial charge in [-0.25, -0.2) is 4.39 Å². The monoisotopic (exact) mass is 444 g/mol. The normalized spacial score (nSPS) is 18.1. The smallest absolute Gasteiger partial charge is 0.300 e. The number of halogens is 1. The van der Waals surface area contributed by atoms with Crippen LogP contribution in [0.4, 0.5) is 10.1 Å². The lowest BCUT2D eigenvalue weighted by Gasteiger charge is -2.26. The van der Waals surface area contributed by atoms with E-state index in [0.29, 0.717) is 16.8 Å². The van der Waals surface area contributed by atoms with Crippen molar-refractivity contribution in [3.05, 3.63) is 101 Å². The van der Waals surface area contributed by atoms with Crippen molar-refractivity contribution < 1.29 is 19.1 Å². The number of aliphatic hydroxyl groups is 1. The molecule has 1 N–H and O–H groups in total. The minimum absolute atomic E-state index is 0.00955. The highest BCUT2D eigenvalue weighted by Gasteiger charge is 2.47. The number of anilines is 1. The first kappa shape index (κ1) is 22.4. The maximum absolute atomic E-state index is 13.5. The molecule has 0 spiro atoms. The molecule has 1 aromatic heterocycles. The molecule has 2 aromatic carbocycles. The van der Waals surface area contributed by atoms with E-state index in [4.69, 9.17) is 0 Å². The van der Waals surface area contributed by atoms with E-state index in [9.17, 15) is 19.1 Å². The number of ketones is 1. The number of hydrogen-bond acceptors (Lipinski definition) is 4. The Labute approximate surface area is 192 Å². The van der Waals surface area contributed by atoms with Crippen LogP contribution in [0.2, 0.25) is 0 Å². The number of hydrogen-bond donors (Lipinski definition) is 1. The van der Waals surface area contributed by atoms with Gasteiger partial charge in [-0.1, -0.05) is 32.9 Å². The molecule has 1 aliphatic heterocycles. The number of nitrogens with zero attached hydrogens (tertiary/aromatic N) is 2. The maximum atomic E-state index is 13.5. The topological polar surface area (TPSA) is 70.5 Å². The van der Waals surface area contributed by atoms with Crippen LogP contribution in [0.5, 0.6) is 0 Å². The maximum Gasteiger partial charge on any atom is 0.300 e. The molecule has 2 heterocycles. The van der Waals surface area contributed by atoms with E-state index in [1.54, 1.807) is 24.5 Å². The van der Waals surface area contributed by atoms with Crippen molar-refractivity contribution >= 4 is 23.1 Å². The third-order valence-corrected chi connectivity index (χ3v) is 5.93. The lowest BCUT2D eigenvalue weighted by molar-refractivity contribution is -0.132. The molecule has 33 heavy (non-hydrogen) atoms. The molecule has 0 saturated carbocycles. The summed E-state index contributed by atoms with van der Waals surface area (Å²) in [6.45, 7) is 8.03. The van der Waals surface area contributed by atoms with E-state index in [-0.39, 0.29) is 16.7 Å². The van der Waals surface area contributed by atoms with Crippen LogP contribution in [0.15, 0.2) is 72.6 Å². The highest BCUT2D eigenvalue weighted by Crippen LogP contribution is 2.42. The zero-order valence-electron chi connectivity index (χ0n) is 19.0. The van der Waals surface area contributed by atoms with Gasteiger partial charge in [0, 0.05) is 23.6 Å². The molecule has 1 aliphatic rings. The molecule has 1 fully saturated rings. The quantitative estimate of drug-likeness (QED) is 0.331. The van der Waals surface area contributed by atoms with E-state index in [1.807, 2.05) is 25.1 Å². The van der Waals surface area contributed by atoms with Gasteiger partial charge >= 0.3 is 0 Å². The third kappa shape index (κ3) is 4.04. The number of aryl methyl sites for hydroxylation is 1. The lowest BCUT2D eigenvalue weighted by atomic mass is 9.84. The van der Waals surface area contributed by atoms with Crippen LogP contribution >= 0.6 is 0 Å². The van der Waals surface area contributed by atoms with Gasteiger partial charge in [0.05, 0.1) is 11.6 Å². The summed E-state index contributed by atoms with van der Waals surface area (Å²) >= 11 is 0. The molecule has 6 heteroatoms. The summed E-state index contributed by atoms with van der Waals surface area (Å²) < 4.78 is 13.5. The minimum atomic E-state index is -0.879. The van der Waals surface area contributed by atoms with Crippen LogP contribution in [0.3, 0.4) is 0 Å². The summed E-state index contributed by atoms with van der Waals surface area (Å²) in [5.41, 5.74) is 3.06. The number of amides is 1. The van der Waals surface area contributed by atoms with Gasteiger partial charge in [0.1, 0.15) is 11.6 Å². The number of aliphatic hydroxyl groups excluding tert-OH is 1. The zero-order chi connectivity index (χ0) is 23.9. The van der Waals surface area contributed by atoms with Crippen molar-refractivity contribution in [3.8, 4) is 0 Å². The van der Waals surface area contributed by atoms with Crippen LogP contribution in [0, 0.1) is 12.7 Å². The van der Waals surface area contributed by atoms with Crippen molar-refractivity contribution in [1.29, 1.82) is 0 Å². The fourth-order valence-corrected chi connectivity index (χ4v) is 4.05. The average molecular weight is 445 g/mol. The Balaban J connectivity index is 1.96. The van der Waals surface area contributed by atoms with Crippen molar-refractivity contribution in [2.75, 3.05) is 4.90 Å². The molecule has 1 atom stereocenters. The molecular formula is C27H25FN2O3. The van der Waals surface area contributed by atoms with Crippen molar-refractivity contribution in [3.63, 3.8) is 0 Å². The van der Waals surface area contributed by atoms with E-state index < -0.39 is 23.5 Å². The number of pyridine rings is 1. The van der Waals surface area contributed by atoms with Gasteiger partial charge in [-0.15, -0.1) is 0 Å². The molecule has 1 amide bonds. The largest absolute Gasteiger partial charge is 0.507 e. The van der Waals surface area contributed by atoms with Crippen LogP contribution in [0.1, 0.15) is 49.1 Å². The second-order valence-electron chi connectivity index (χ2n) is 9.21. The van der Waals surface area contributed by atoms with Crippen molar-refractivity contribution in [2.24, 2.45) is 0 Å². The van der Waals surface area contributed by atoms with Crippen LogP contribution in [0.25, 0.3) is 5.76 Å². The van der Waals surface area contributed by atoms with Crippen LogP contribution < -0.4 is 4.90 Å². The molecule has 168 valence electrons. The van der Waals surface area contributed by atoms with E-state index in [2.05, 4.69) is 25.8 Å². The Hall–Kier alpha value is -3.80. The summed E-state index contributed by atoms with van der Waals surface area (Å²) in [5.74, 6) is -2.26. The van der Waals surface area contributed by atoms with Crippen molar-refractivity contribution in [1.82, 2.24) is 4.98 Å². The Bertz CT molecular complexity index is 1260. The fourth-order valence-electron chi connectivity index (χ4n) is 4.05. The summed E-state index contributed by atoms with van der Waals surface area (Å²) in [6, 6.07) is 13.6. The summed E-state index contributed by atoms with van der Waals surface area (Å²) in [7, 11) is 0. The Morgan fingerprint density at radius 2 is 1.64 bits per heavy atom. The number of carbonyl (C=O) groups is 2. The molecule has 0 bridgehead atoms. The van der Waals surface area contributed by atoms with Crippen LogP contribution in [-0.4, -0.2) is 21.8 Å². The molecule has 1 unspecified atom stereocenters. The Morgan fingerprint density at radius 1 is 1.00 bits per heavy atom. The Morgan fingerprint density at radius 3 is 2.24 bits per heavy atom. The number of benzene rings is 2. The number of Topliss-reactive ketones (excluding diaryl/α,β-unsaturated/α-hetero) is 1. The van der Waals surface area contributed by atoms with Crippen molar-refractivity contribution in [2.45, 2.75) is 39.2 Å². The predicted molar refractivity (Wildman–Crippen MR) is 125 cm³/mol. The predicted octanol–water partition coefficient (Wildman–Crippen LogP) is 5.45. The second kappa shape index (κ2) is 8.28. The second-order valence-corrected chi connectivity index (χ2v) is 9.21. The van der Waals surface area contributed by atoms with Gasteiger partial charge in [-0.3, -0.25) is 19.5 Å². The fraction of sp³-hybridized carbons (Fsp3) is 0.222. The van der Waals surface area contributed by atoms with Crippen LogP contribution in [-0.2, 0) is 15.0 Å². The lowest BCUT2D eigenvalue weighted by Crippen LogP contribution is -2.29. The van der Waals surface area contributed by atoms with Gasteiger partial charge in [0.2, 0.25) is 0 Å². The summed E-state index contributed by atoms with van der Waals surface area (Å²) in [4.78, 5) is 31.7. The molecule has 1 saturated heterocycles. The zero-order valence-corrected chi connectivity index (χ0v) is 19.0. The van der Waals surface area contributed by atoms with E-state index >= 15 is 0 Å². The van der Waals surface area contributed by atoms with Gasteiger partial charge in [0.15, 0.2) is 0 Å². The van der Waals surface area contributed by atoms with Gasteiger partial charge in [0.25, 0.3) is 11.7 Å². The first-order valence-corrected chi connectivity index (χ1v) is 10.7. The first-order valence-electron chi connectivity index (χ1n) is 10.7. The molecule has 3 aromatic rings. The van der Waals surface area contributed by atoms with Gasteiger partial charge in [-0.2, -0.15) is 0 Å². The van der Waals surface area contributed by atoms with Gasteiger partial charge < -0.3 is 5.11 Å². The summed E-state index contributed by atoms with van der Waals surface area (Å²) in [5, 5.41) is 11.4. The standard InChI is InChI=1S/C27H25FN2O3/c1-16-5-6-18(27(2,3)4)15-21(16)24(31)22-23(17-11-13-29-14-12-17)30(26(33)25(22)32)20-9-7-19(28)8-10-20/h5-15,23,31H,1-4H3/b24-22+. The SMILES string of the molecule is Cc1ccc(C(C)(C)C)cc1/C(O)=C1\C(=O)C(=O)N(c2ccc(F)cc2)C1c1ccncc1. The first-order chi connectivity index (χ1) is 15.6. The van der Waals surface area contributed by atoms with E-state index in [0.717, 1.165) is 11.1 Å². The summed E-state index contributed by atoms with van der Waals surface area (Å²) in [6.07, 6.45) is 3.12.